The summed E-state index contributed by atoms with van der Waals surface area (Å²) in [5.74, 6) is 1.38. The molecule has 0 bridgehead atoms. The van der Waals surface area contributed by atoms with Crippen LogP contribution in [-0.4, -0.2) is 28.2 Å². The molecule has 1 aliphatic rings. The van der Waals surface area contributed by atoms with Crippen LogP contribution in [0.4, 0.5) is 0 Å². The number of hydrogen-bond acceptors (Lipinski definition) is 6. The zero-order valence-corrected chi connectivity index (χ0v) is 16.6. The summed E-state index contributed by atoms with van der Waals surface area (Å²) >= 11 is 6.04. The third kappa shape index (κ3) is 4.17. The van der Waals surface area contributed by atoms with Crippen molar-refractivity contribution in [3.8, 4) is 28.8 Å². The van der Waals surface area contributed by atoms with Gasteiger partial charge in [-0.2, -0.15) is 4.98 Å². The zero-order chi connectivity index (χ0) is 20.4. The van der Waals surface area contributed by atoms with Crippen LogP contribution in [0.2, 0.25) is 5.02 Å². The maximum atomic E-state index is 11.4. The summed E-state index contributed by atoms with van der Waals surface area (Å²) in [7, 11) is 1.37. The molecule has 0 atom stereocenters. The third-order valence-corrected chi connectivity index (χ3v) is 5.12. The molecule has 1 N–H and O–H groups in total. The third-order valence-electron chi connectivity index (χ3n) is 4.82. The molecule has 4 rings (SSSR count). The van der Waals surface area contributed by atoms with E-state index in [0.717, 1.165) is 36.1 Å². The van der Waals surface area contributed by atoms with Crippen molar-refractivity contribution in [2.45, 2.75) is 25.7 Å². The van der Waals surface area contributed by atoms with Gasteiger partial charge < -0.3 is 14.6 Å². The van der Waals surface area contributed by atoms with Crippen LogP contribution in [0.3, 0.4) is 0 Å². The van der Waals surface area contributed by atoms with E-state index in [2.05, 4.69) is 14.7 Å². The first kappa shape index (κ1) is 19.2. The Morgan fingerprint density at radius 1 is 1.14 bits per heavy atom. The molecule has 1 aliphatic carbocycles. The van der Waals surface area contributed by atoms with E-state index in [9.17, 15) is 9.90 Å². The quantitative estimate of drug-likeness (QED) is 0.624. The summed E-state index contributed by atoms with van der Waals surface area (Å²) in [5.41, 5.74) is 3.53. The van der Waals surface area contributed by atoms with Crippen molar-refractivity contribution < 1.29 is 19.4 Å². The average Bonchev–Trinajstić information content (AvgIpc) is 3.20. The monoisotopic (exact) mass is 410 g/mol. The lowest BCUT2D eigenvalue weighted by atomic mass is 10.1. The van der Waals surface area contributed by atoms with Crippen molar-refractivity contribution in [1.82, 2.24) is 9.97 Å². The summed E-state index contributed by atoms with van der Waals surface area (Å²) < 4.78 is 10.8. The molecule has 0 fully saturated rings. The summed E-state index contributed by atoms with van der Waals surface area (Å²) in [6.07, 6.45) is 2.94. The van der Waals surface area contributed by atoms with Gasteiger partial charge in [0.05, 0.1) is 24.2 Å². The lowest BCUT2D eigenvalue weighted by Gasteiger charge is -2.12. The van der Waals surface area contributed by atoms with E-state index < -0.39 is 0 Å². The van der Waals surface area contributed by atoms with Crippen LogP contribution in [0, 0.1) is 0 Å². The highest BCUT2D eigenvalue weighted by Gasteiger charge is 2.22. The van der Waals surface area contributed by atoms with E-state index >= 15 is 0 Å². The molecule has 0 saturated heterocycles. The van der Waals surface area contributed by atoms with E-state index in [1.807, 2.05) is 12.1 Å². The van der Waals surface area contributed by atoms with Crippen LogP contribution in [0.25, 0.3) is 11.4 Å². The van der Waals surface area contributed by atoms with Gasteiger partial charge in [0.25, 0.3) is 0 Å². The van der Waals surface area contributed by atoms with Crippen LogP contribution in [0.5, 0.6) is 17.4 Å². The van der Waals surface area contributed by atoms with Gasteiger partial charge in [-0.05, 0) is 55.2 Å². The number of methoxy groups -OCH3 is 1. The second kappa shape index (κ2) is 8.09. The molecule has 0 radical (unpaired) electrons. The Morgan fingerprint density at radius 3 is 2.66 bits per heavy atom. The minimum absolute atomic E-state index is 0.0140. The molecule has 1 aromatic heterocycles. The fourth-order valence-electron chi connectivity index (χ4n) is 3.28. The van der Waals surface area contributed by atoms with Gasteiger partial charge >= 0.3 is 5.97 Å². The van der Waals surface area contributed by atoms with Crippen molar-refractivity contribution in [2.75, 3.05) is 7.11 Å². The van der Waals surface area contributed by atoms with Gasteiger partial charge in [0.1, 0.15) is 11.5 Å². The van der Waals surface area contributed by atoms with Crippen LogP contribution in [-0.2, 0) is 28.8 Å². The van der Waals surface area contributed by atoms with E-state index in [-0.39, 0.29) is 23.2 Å². The Kier molecular flexibility index (Phi) is 5.36. The molecular weight excluding hydrogens is 392 g/mol. The van der Waals surface area contributed by atoms with Gasteiger partial charge in [-0.3, -0.25) is 4.79 Å². The number of halogens is 1. The fraction of sp³-hybridized carbons (Fsp3) is 0.227. The largest absolute Gasteiger partial charge is 0.506 e. The molecule has 0 amide bonds. The SMILES string of the molecule is COC(=O)Cc1ccc(Oc2nc(-c3ccc(O)c(Cl)c3)nc3c2CCC3)cc1. The van der Waals surface area contributed by atoms with Crippen LogP contribution < -0.4 is 4.74 Å². The summed E-state index contributed by atoms with van der Waals surface area (Å²) in [5, 5.41) is 9.91. The van der Waals surface area contributed by atoms with Crippen LogP contribution in [0.1, 0.15) is 23.2 Å². The lowest BCUT2D eigenvalue weighted by Crippen LogP contribution is -2.04. The molecule has 2 aromatic carbocycles. The Hall–Kier alpha value is -3.12. The number of ether oxygens (including phenoxy) is 2. The molecule has 29 heavy (non-hydrogen) atoms. The van der Waals surface area contributed by atoms with Gasteiger partial charge in [0.15, 0.2) is 5.82 Å². The molecule has 6 nitrogen and oxygen atoms in total. The molecule has 0 saturated carbocycles. The number of esters is 1. The number of phenolic OH excluding ortho intramolecular Hbond substituents is 1. The molecule has 1 heterocycles. The predicted molar refractivity (Wildman–Crippen MR) is 108 cm³/mol. The number of nitrogens with zero attached hydrogens (tertiary/aromatic N) is 2. The molecule has 0 unspecified atom stereocenters. The van der Waals surface area contributed by atoms with Crippen molar-refractivity contribution in [1.29, 1.82) is 0 Å². The topological polar surface area (TPSA) is 81.5 Å². The summed E-state index contributed by atoms with van der Waals surface area (Å²) in [6.45, 7) is 0. The normalized spacial score (nSPS) is 12.5. The van der Waals surface area contributed by atoms with E-state index in [4.69, 9.17) is 16.3 Å². The second-order valence-electron chi connectivity index (χ2n) is 6.80. The maximum Gasteiger partial charge on any atom is 0.309 e. The minimum Gasteiger partial charge on any atom is -0.506 e. The number of fused-ring (bicyclic) bond motifs is 1. The average molecular weight is 411 g/mol. The molecule has 3 aromatic rings. The molecule has 0 spiro atoms. The van der Waals surface area contributed by atoms with Gasteiger partial charge in [-0.25, -0.2) is 4.98 Å². The smallest absolute Gasteiger partial charge is 0.309 e. The van der Waals surface area contributed by atoms with E-state index in [1.54, 1.807) is 24.3 Å². The molecule has 0 aliphatic heterocycles. The van der Waals surface area contributed by atoms with Gasteiger partial charge in [0, 0.05) is 11.1 Å². The molecular formula is C22H19ClN2O4. The lowest BCUT2D eigenvalue weighted by molar-refractivity contribution is -0.139. The van der Waals surface area contributed by atoms with E-state index in [0.29, 0.717) is 23.0 Å². The van der Waals surface area contributed by atoms with E-state index in [1.165, 1.54) is 13.2 Å². The second-order valence-corrected chi connectivity index (χ2v) is 7.20. The number of rotatable bonds is 5. The summed E-state index contributed by atoms with van der Waals surface area (Å²) in [6, 6.07) is 12.2. The standard InChI is InChI=1S/C22H19ClN2O4/c1-28-20(27)11-13-5-8-15(9-6-13)29-22-16-3-2-4-18(16)24-21(25-22)14-7-10-19(26)17(23)12-14/h5-10,12,26H,2-4,11H2,1H3. The van der Waals surface area contributed by atoms with Crippen molar-refractivity contribution in [3.05, 3.63) is 64.3 Å². The minimum atomic E-state index is -0.288. The fourth-order valence-corrected chi connectivity index (χ4v) is 3.46. The van der Waals surface area contributed by atoms with Crippen molar-refractivity contribution in [3.63, 3.8) is 0 Å². The summed E-state index contributed by atoms with van der Waals surface area (Å²) in [4.78, 5) is 20.7. The number of aromatic nitrogens is 2. The number of phenols is 1. The number of hydrogen-bond donors (Lipinski definition) is 1. The number of aromatic hydroxyl groups is 1. The first-order valence-electron chi connectivity index (χ1n) is 9.26. The van der Waals surface area contributed by atoms with Gasteiger partial charge in [-0.1, -0.05) is 23.7 Å². The Labute approximate surface area is 173 Å². The van der Waals surface area contributed by atoms with Crippen LogP contribution >= 0.6 is 11.6 Å². The number of benzene rings is 2. The highest BCUT2D eigenvalue weighted by molar-refractivity contribution is 6.32. The molecule has 7 heteroatoms. The Balaban J connectivity index is 1.64. The van der Waals surface area contributed by atoms with Gasteiger partial charge in [0.2, 0.25) is 5.88 Å². The Bertz CT molecular complexity index is 1070. The first-order chi connectivity index (χ1) is 14.0. The highest BCUT2D eigenvalue weighted by Crippen LogP contribution is 2.35. The number of aryl methyl sites for hydroxylation is 1. The predicted octanol–water partition coefficient (Wildman–Crippen LogP) is 4.50. The molecule has 148 valence electrons. The highest BCUT2D eigenvalue weighted by atomic mass is 35.5. The zero-order valence-electron chi connectivity index (χ0n) is 15.8. The van der Waals surface area contributed by atoms with Crippen molar-refractivity contribution >= 4 is 17.6 Å². The first-order valence-corrected chi connectivity index (χ1v) is 9.63. The van der Waals surface area contributed by atoms with Crippen LogP contribution in [0.15, 0.2) is 42.5 Å². The van der Waals surface area contributed by atoms with Gasteiger partial charge in [-0.15, -0.1) is 0 Å². The maximum absolute atomic E-state index is 11.4. The van der Waals surface area contributed by atoms with Crippen molar-refractivity contribution in [2.24, 2.45) is 0 Å². The number of carbonyl (C=O) groups excluding carboxylic acids is 1. The number of carbonyl (C=O) groups is 1. The Morgan fingerprint density at radius 2 is 1.93 bits per heavy atom.